The number of hydrogen-bond donors (Lipinski definition) is 2. The van der Waals surface area contributed by atoms with Gasteiger partial charge in [0.25, 0.3) is 0 Å². The third-order valence-corrected chi connectivity index (χ3v) is 8.56. The van der Waals surface area contributed by atoms with Crippen LogP contribution >= 0.6 is 0 Å². The standard InChI is InChI=1S/C33H44N8O3/c1-38-9-3-7-34-32(42)24-40-12-10-39(11-13-40)22-25-18-28(21-29(19-25)41-14-16-44-17-15-41)36-33-35-8-6-30(37-33)26-4-5-31(43-2)27(20-26)23-38/h4-6,8,18-21H,3,7,9-17,22-24H2,1-2H3,(H,34,42)(H,35,36,37). The van der Waals surface area contributed by atoms with Crippen molar-refractivity contribution in [3.8, 4) is 17.0 Å². The quantitative estimate of drug-likeness (QED) is 0.457. The van der Waals surface area contributed by atoms with E-state index in [4.69, 9.17) is 14.5 Å². The molecule has 0 aliphatic carbocycles. The zero-order valence-corrected chi connectivity index (χ0v) is 25.9. The summed E-state index contributed by atoms with van der Waals surface area (Å²) in [4.78, 5) is 31.6. The largest absolute Gasteiger partial charge is 0.496 e. The van der Waals surface area contributed by atoms with Gasteiger partial charge < -0.3 is 29.9 Å². The molecule has 11 heteroatoms. The summed E-state index contributed by atoms with van der Waals surface area (Å²) in [6, 6.07) is 14.8. The van der Waals surface area contributed by atoms with Crippen molar-refractivity contribution in [3.05, 3.63) is 59.8 Å². The van der Waals surface area contributed by atoms with Crippen molar-refractivity contribution in [1.29, 1.82) is 0 Å². The molecule has 1 amide bonds. The van der Waals surface area contributed by atoms with E-state index >= 15 is 0 Å². The molecule has 4 aliphatic rings. The Hall–Kier alpha value is -3.77. The molecule has 11 nitrogen and oxygen atoms in total. The molecular formula is C33H44N8O3. The number of amides is 1. The minimum atomic E-state index is 0.102. The van der Waals surface area contributed by atoms with Gasteiger partial charge >= 0.3 is 0 Å². The van der Waals surface area contributed by atoms with Crippen molar-refractivity contribution in [1.82, 2.24) is 30.0 Å². The molecular weight excluding hydrogens is 556 g/mol. The number of carbonyl (C=O) groups excluding carboxylic acids is 1. The van der Waals surface area contributed by atoms with Gasteiger partial charge in [0, 0.05) is 87.6 Å². The molecule has 5 heterocycles. The average Bonchev–Trinajstić information content (AvgIpc) is 3.04. The van der Waals surface area contributed by atoms with E-state index in [0.29, 0.717) is 19.0 Å². The summed E-state index contributed by atoms with van der Waals surface area (Å²) in [5.74, 6) is 1.51. The second kappa shape index (κ2) is 14.3. The van der Waals surface area contributed by atoms with E-state index in [-0.39, 0.29) is 5.91 Å². The first-order valence-corrected chi connectivity index (χ1v) is 15.7. The van der Waals surface area contributed by atoms with E-state index in [1.807, 2.05) is 24.4 Å². The number of morpholine rings is 1. The Morgan fingerprint density at radius 3 is 2.48 bits per heavy atom. The number of benzene rings is 2. The molecule has 4 aliphatic heterocycles. The fourth-order valence-corrected chi connectivity index (χ4v) is 6.18. The Morgan fingerprint density at radius 1 is 0.886 bits per heavy atom. The van der Waals surface area contributed by atoms with Crippen LogP contribution in [0.15, 0.2) is 48.7 Å². The number of aromatic nitrogens is 2. The van der Waals surface area contributed by atoms with Crippen LogP contribution in [0.4, 0.5) is 17.3 Å². The van der Waals surface area contributed by atoms with Crippen LogP contribution in [-0.4, -0.2) is 117 Å². The third-order valence-electron chi connectivity index (χ3n) is 8.56. The molecule has 0 saturated carbocycles. The Labute approximate surface area is 260 Å². The van der Waals surface area contributed by atoms with Crippen molar-refractivity contribution >= 4 is 23.2 Å². The van der Waals surface area contributed by atoms with Crippen LogP contribution in [0.1, 0.15) is 17.5 Å². The van der Waals surface area contributed by atoms with Crippen molar-refractivity contribution in [2.75, 3.05) is 96.5 Å². The Balaban J connectivity index is 1.31. The molecule has 2 fully saturated rings. The Morgan fingerprint density at radius 2 is 1.68 bits per heavy atom. The fourth-order valence-electron chi connectivity index (χ4n) is 6.18. The van der Waals surface area contributed by atoms with E-state index in [9.17, 15) is 4.79 Å². The monoisotopic (exact) mass is 600 g/mol. The smallest absolute Gasteiger partial charge is 0.234 e. The van der Waals surface area contributed by atoms with Crippen molar-refractivity contribution in [3.63, 3.8) is 0 Å². The summed E-state index contributed by atoms with van der Waals surface area (Å²) < 4.78 is 11.3. The zero-order valence-electron chi connectivity index (χ0n) is 25.9. The molecule has 3 aromatic rings. The number of piperazine rings is 1. The molecule has 8 bridgehead atoms. The van der Waals surface area contributed by atoms with Gasteiger partial charge in [0.2, 0.25) is 11.9 Å². The van der Waals surface area contributed by atoms with Gasteiger partial charge in [-0.3, -0.25) is 14.6 Å². The molecule has 0 radical (unpaired) electrons. The SMILES string of the molecule is COc1ccc2cc1CN(C)CCCNC(=O)CN1CCN(CC1)Cc1cc(cc(N3CCOCC3)c1)Nc1nccc-2n1. The minimum Gasteiger partial charge on any atom is -0.496 e. The van der Waals surface area contributed by atoms with Gasteiger partial charge in [-0.1, -0.05) is 0 Å². The Bertz CT molecular complexity index is 1420. The second-order valence-electron chi connectivity index (χ2n) is 11.9. The number of ether oxygens (including phenoxy) is 2. The van der Waals surface area contributed by atoms with Crippen LogP contribution in [0.2, 0.25) is 0 Å². The number of rotatable bonds is 2. The van der Waals surface area contributed by atoms with Gasteiger partial charge in [-0.05, 0) is 68.0 Å². The van der Waals surface area contributed by atoms with Crippen molar-refractivity contribution in [2.45, 2.75) is 19.5 Å². The maximum absolute atomic E-state index is 12.7. The van der Waals surface area contributed by atoms with Gasteiger partial charge in [-0.25, -0.2) is 9.97 Å². The fraction of sp³-hybridized carbons (Fsp3) is 0.485. The molecule has 0 spiro atoms. The van der Waals surface area contributed by atoms with E-state index in [1.165, 1.54) is 11.3 Å². The maximum Gasteiger partial charge on any atom is 0.234 e. The molecule has 0 atom stereocenters. The van der Waals surface area contributed by atoms with Crippen LogP contribution in [0.3, 0.4) is 0 Å². The number of nitrogens with one attached hydrogen (secondary N) is 2. The van der Waals surface area contributed by atoms with Crippen LogP contribution in [0.25, 0.3) is 11.3 Å². The van der Waals surface area contributed by atoms with Gasteiger partial charge in [-0.2, -0.15) is 0 Å². The maximum atomic E-state index is 12.7. The molecule has 1 aromatic heterocycles. The summed E-state index contributed by atoms with van der Waals surface area (Å²) in [6.07, 6.45) is 2.69. The predicted molar refractivity (Wildman–Crippen MR) is 172 cm³/mol. The molecule has 7 rings (SSSR count). The predicted octanol–water partition coefficient (Wildman–Crippen LogP) is 2.80. The summed E-state index contributed by atoms with van der Waals surface area (Å²) in [7, 11) is 3.80. The van der Waals surface area contributed by atoms with Crippen LogP contribution in [0, 0.1) is 0 Å². The summed E-state index contributed by atoms with van der Waals surface area (Å²) in [6.45, 7) is 10.3. The molecule has 2 saturated heterocycles. The Kier molecular flexibility index (Phi) is 9.86. The van der Waals surface area contributed by atoms with Crippen LogP contribution in [0.5, 0.6) is 5.75 Å². The minimum absolute atomic E-state index is 0.102. The number of carbonyl (C=O) groups is 1. The highest BCUT2D eigenvalue weighted by molar-refractivity contribution is 5.78. The van der Waals surface area contributed by atoms with Gasteiger partial charge in [0.05, 0.1) is 32.6 Å². The third kappa shape index (κ3) is 7.84. The number of anilines is 3. The highest BCUT2D eigenvalue weighted by atomic mass is 16.5. The van der Waals surface area contributed by atoms with E-state index in [1.54, 1.807) is 7.11 Å². The van der Waals surface area contributed by atoms with E-state index in [2.05, 4.69) is 66.5 Å². The first kappa shape index (κ1) is 30.3. The van der Waals surface area contributed by atoms with E-state index < -0.39 is 0 Å². The van der Waals surface area contributed by atoms with Crippen LogP contribution < -0.4 is 20.3 Å². The van der Waals surface area contributed by atoms with E-state index in [0.717, 1.165) is 107 Å². The zero-order chi connectivity index (χ0) is 30.3. The van der Waals surface area contributed by atoms with Crippen LogP contribution in [-0.2, 0) is 22.6 Å². The lowest BCUT2D eigenvalue weighted by Crippen LogP contribution is -2.49. The van der Waals surface area contributed by atoms with Crippen molar-refractivity contribution in [2.24, 2.45) is 0 Å². The molecule has 234 valence electrons. The first-order valence-electron chi connectivity index (χ1n) is 15.7. The number of hydrogen-bond acceptors (Lipinski definition) is 10. The van der Waals surface area contributed by atoms with Gasteiger partial charge in [-0.15, -0.1) is 0 Å². The molecule has 44 heavy (non-hydrogen) atoms. The number of nitrogens with zero attached hydrogens (tertiary/aromatic N) is 6. The lowest BCUT2D eigenvalue weighted by molar-refractivity contribution is -0.122. The number of fused-ring (bicyclic) bond motifs is 9. The molecule has 2 aromatic carbocycles. The highest BCUT2D eigenvalue weighted by Crippen LogP contribution is 2.29. The van der Waals surface area contributed by atoms with Crippen molar-refractivity contribution < 1.29 is 14.3 Å². The lowest BCUT2D eigenvalue weighted by Gasteiger charge is -2.35. The van der Waals surface area contributed by atoms with Gasteiger partial charge in [0.1, 0.15) is 5.75 Å². The topological polar surface area (TPSA) is 98.3 Å². The number of methoxy groups -OCH3 is 1. The molecule has 2 N–H and O–H groups in total. The first-order chi connectivity index (χ1) is 21.5. The lowest BCUT2D eigenvalue weighted by atomic mass is 10.1. The van der Waals surface area contributed by atoms with Gasteiger partial charge in [0.15, 0.2) is 0 Å². The molecule has 0 unspecified atom stereocenters. The summed E-state index contributed by atoms with van der Waals surface area (Å²) >= 11 is 0. The summed E-state index contributed by atoms with van der Waals surface area (Å²) in [5, 5.41) is 6.63. The second-order valence-corrected chi connectivity index (χ2v) is 11.9. The summed E-state index contributed by atoms with van der Waals surface area (Å²) in [5.41, 5.74) is 6.32. The highest BCUT2D eigenvalue weighted by Gasteiger charge is 2.21. The normalized spacial score (nSPS) is 22.1. The average molecular weight is 601 g/mol.